The minimum Gasteiger partial charge on any atom is -0.374 e. The highest BCUT2D eigenvalue weighted by atomic mass is 32.2. The Morgan fingerprint density at radius 3 is 1.79 bits per heavy atom. The fourth-order valence-corrected chi connectivity index (χ4v) is 11.8. The third-order valence-corrected chi connectivity index (χ3v) is 16.9. The standard InChI is InChI=1S/C32H38F2N2O5S2.C22H25F6N3S2.2H2/c1-4-36(32(37)19-23-5-9-29(10-6-23)42(2,38)39)28-13-16-35(17-14-28)18-15-31(25-20-26(33)22-27(34)21-25)24-7-11-30(12-8-24)43(3,40)41;23-21(24,25)17-10-15(11-18(12-17)22(26,27)28)13-30-20(32)19(16-4-9-33-14-16)29-5-8-31-6-2-1-3-7-31;;/h5-12,20-22,28,31H,4,13-19H2,1-3H3;4,9-12,14,19,29H,1-3,5-8,13H2,(H,30,32);2*1H/t31-;19-;;/m10../s1. The number of sulfone groups is 2. The van der Waals surface area contributed by atoms with Gasteiger partial charge in [0.1, 0.15) is 11.6 Å². The first-order chi connectivity index (χ1) is 35.8. The maximum atomic E-state index is 14.2. The molecule has 2 atom stereocenters. The highest BCUT2D eigenvalue weighted by Crippen LogP contribution is 2.37. The Bertz CT molecular complexity index is 2890. The van der Waals surface area contributed by atoms with E-state index in [-0.39, 0.29) is 61.1 Å². The Morgan fingerprint density at radius 1 is 0.724 bits per heavy atom. The topological polar surface area (TPSA) is 119 Å². The third-order valence-electron chi connectivity index (χ3n) is 13.6. The van der Waals surface area contributed by atoms with E-state index in [1.807, 2.05) is 28.7 Å². The second-order valence-electron chi connectivity index (χ2n) is 19.2. The number of nitrogens with one attached hydrogen (secondary N) is 2. The van der Waals surface area contributed by atoms with Gasteiger partial charge in [-0.15, -0.1) is 0 Å². The van der Waals surface area contributed by atoms with Crippen LogP contribution in [-0.2, 0) is 49.8 Å². The molecule has 0 bridgehead atoms. The van der Waals surface area contributed by atoms with Gasteiger partial charge in [-0.25, -0.2) is 25.6 Å². The molecule has 3 heterocycles. The molecular formula is C54H67F8N5O5S4. The van der Waals surface area contributed by atoms with Crippen molar-refractivity contribution in [3.05, 3.63) is 152 Å². The molecular weight excluding hydrogens is 1080 g/mol. The number of rotatable bonds is 19. The summed E-state index contributed by atoms with van der Waals surface area (Å²) in [6.45, 7) is 8.04. The number of benzene rings is 4. The maximum absolute atomic E-state index is 14.2. The SMILES string of the molecule is CCN(C(=O)Cc1ccc(S(C)(=O)=O)cc1)C1CCN(CC[C@H](c2ccc(S(C)(=O)=O)cc2)c2cc(F)cc(F)c2)CC1.FC(F)(F)c1cc(CNC(=S)[C@@H](NCCN2CCCCC2)c2ccsc2)cc(C(F)(F)F)c1.[HH].[HH]. The lowest BCUT2D eigenvalue weighted by atomic mass is 9.88. The predicted molar refractivity (Wildman–Crippen MR) is 288 cm³/mol. The fourth-order valence-electron chi connectivity index (χ4n) is 9.55. The Balaban J connectivity index is 0.000000339. The van der Waals surface area contributed by atoms with E-state index in [0.717, 1.165) is 80.8 Å². The molecule has 2 N–H and O–H groups in total. The number of likely N-dealkylation sites (N-methyl/N-ethyl adjacent to an activating group) is 1. The Morgan fingerprint density at radius 2 is 1.28 bits per heavy atom. The molecule has 7 rings (SSSR count). The fraction of sp³-hybridized carbons (Fsp3) is 0.444. The molecule has 1 amide bonds. The number of piperidine rings is 2. The minimum atomic E-state index is -4.88. The number of likely N-dealkylation sites (tertiary alicyclic amines) is 2. The summed E-state index contributed by atoms with van der Waals surface area (Å²) in [6.07, 6.45) is -1.56. The van der Waals surface area contributed by atoms with Crippen molar-refractivity contribution in [3.8, 4) is 0 Å². The Kier molecular flexibility index (Phi) is 21.2. The first kappa shape index (κ1) is 60.4. The average molecular weight is 1150 g/mol. The number of nitrogens with zero attached hydrogens (tertiary/aromatic N) is 3. The smallest absolute Gasteiger partial charge is 0.374 e. The highest BCUT2D eigenvalue weighted by molar-refractivity contribution is 7.91. The summed E-state index contributed by atoms with van der Waals surface area (Å²) in [5.41, 5.74) is 0.111. The van der Waals surface area contributed by atoms with Gasteiger partial charge in [0, 0.05) is 72.7 Å². The van der Waals surface area contributed by atoms with Gasteiger partial charge in [-0.1, -0.05) is 42.9 Å². The number of alkyl halides is 6. The van der Waals surface area contributed by atoms with Gasteiger partial charge >= 0.3 is 12.4 Å². The van der Waals surface area contributed by atoms with E-state index in [0.29, 0.717) is 48.7 Å². The zero-order valence-corrected chi connectivity index (χ0v) is 45.7. The molecule has 0 unspecified atom stereocenters. The van der Waals surface area contributed by atoms with Crippen LogP contribution >= 0.6 is 23.6 Å². The van der Waals surface area contributed by atoms with Crippen LogP contribution in [0.25, 0.3) is 0 Å². The lowest BCUT2D eigenvalue weighted by molar-refractivity contribution is -0.143. The number of hydrogen-bond acceptors (Lipinski definition) is 10. The van der Waals surface area contributed by atoms with Crippen LogP contribution in [0.1, 0.15) is 99.2 Å². The molecule has 76 heavy (non-hydrogen) atoms. The summed E-state index contributed by atoms with van der Waals surface area (Å²) in [6, 6.07) is 19.5. The summed E-state index contributed by atoms with van der Waals surface area (Å²) in [5, 5.41) is 10.0. The number of thiophene rings is 1. The largest absolute Gasteiger partial charge is 0.416 e. The average Bonchev–Trinajstić information content (AvgIpc) is 3.90. The molecule has 0 saturated carbocycles. The molecule has 418 valence electrons. The van der Waals surface area contributed by atoms with Crippen LogP contribution < -0.4 is 10.6 Å². The van der Waals surface area contributed by atoms with E-state index in [9.17, 15) is 56.8 Å². The molecule has 10 nitrogen and oxygen atoms in total. The van der Waals surface area contributed by atoms with Crippen LogP contribution in [0.5, 0.6) is 0 Å². The summed E-state index contributed by atoms with van der Waals surface area (Å²) >= 11 is 6.96. The zero-order valence-electron chi connectivity index (χ0n) is 42.4. The van der Waals surface area contributed by atoms with Crippen molar-refractivity contribution >= 4 is 54.1 Å². The van der Waals surface area contributed by atoms with E-state index < -0.39 is 54.8 Å². The molecule has 2 aliphatic heterocycles. The van der Waals surface area contributed by atoms with E-state index in [1.54, 1.807) is 24.3 Å². The lowest BCUT2D eigenvalue weighted by Gasteiger charge is -2.38. The van der Waals surface area contributed by atoms with E-state index in [1.165, 1.54) is 67.0 Å². The highest BCUT2D eigenvalue weighted by Gasteiger charge is 2.37. The van der Waals surface area contributed by atoms with Gasteiger partial charge in [0.05, 0.1) is 38.4 Å². The van der Waals surface area contributed by atoms with Crippen molar-refractivity contribution < 1.29 is 59.6 Å². The summed E-state index contributed by atoms with van der Waals surface area (Å²) < 4.78 is 154. The van der Waals surface area contributed by atoms with Crippen molar-refractivity contribution in [1.29, 1.82) is 0 Å². The molecule has 4 aromatic carbocycles. The second-order valence-corrected chi connectivity index (χ2v) is 24.5. The predicted octanol–water partition coefficient (Wildman–Crippen LogP) is 11.4. The lowest BCUT2D eigenvalue weighted by Crippen LogP contribution is -2.48. The quantitative estimate of drug-likeness (QED) is 0.0611. The molecule has 2 saturated heterocycles. The molecule has 0 radical (unpaired) electrons. The van der Waals surface area contributed by atoms with Crippen molar-refractivity contribution in [3.63, 3.8) is 0 Å². The van der Waals surface area contributed by atoms with E-state index >= 15 is 0 Å². The maximum Gasteiger partial charge on any atom is 0.416 e. The number of thiocarbonyl (C=S) groups is 1. The summed E-state index contributed by atoms with van der Waals surface area (Å²) in [5.74, 6) is -1.66. The second kappa shape index (κ2) is 26.7. The van der Waals surface area contributed by atoms with Crippen LogP contribution in [0.4, 0.5) is 35.1 Å². The number of carbonyl (C=O) groups is 1. The van der Waals surface area contributed by atoms with Gasteiger partial charge in [0.2, 0.25) is 5.91 Å². The number of halogens is 8. The first-order valence-electron chi connectivity index (χ1n) is 24.9. The third kappa shape index (κ3) is 17.9. The Labute approximate surface area is 452 Å². The molecule has 2 fully saturated rings. The summed E-state index contributed by atoms with van der Waals surface area (Å²) in [4.78, 5) is 20.4. The monoisotopic (exact) mass is 1150 g/mol. The number of hydrogen-bond donors (Lipinski definition) is 2. The van der Waals surface area contributed by atoms with E-state index in [4.69, 9.17) is 12.2 Å². The van der Waals surface area contributed by atoms with E-state index in [2.05, 4.69) is 20.4 Å². The zero-order chi connectivity index (χ0) is 55.4. The van der Waals surface area contributed by atoms with Crippen LogP contribution in [0.2, 0.25) is 0 Å². The number of carbonyl (C=O) groups excluding carboxylic acids is 1. The van der Waals surface area contributed by atoms with Crippen LogP contribution in [0.15, 0.2) is 112 Å². The van der Waals surface area contributed by atoms with Gasteiger partial charge in [-0.05, 0) is 158 Å². The Hall–Kier alpha value is -4.84. The van der Waals surface area contributed by atoms with Gasteiger partial charge in [-0.3, -0.25) is 4.79 Å². The van der Waals surface area contributed by atoms with Crippen molar-refractivity contribution in [2.45, 2.75) is 98.6 Å². The van der Waals surface area contributed by atoms with Crippen molar-refractivity contribution in [1.82, 2.24) is 25.3 Å². The molecule has 0 spiro atoms. The number of amides is 1. The molecule has 2 aliphatic rings. The van der Waals surface area contributed by atoms with Crippen molar-refractivity contribution in [2.24, 2.45) is 0 Å². The van der Waals surface area contributed by atoms with Gasteiger partial charge in [0.25, 0.3) is 0 Å². The summed E-state index contributed by atoms with van der Waals surface area (Å²) in [7, 11) is -6.68. The molecule has 5 aromatic rings. The van der Waals surface area contributed by atoms with Crippen LogP contribution in [0, 0.1) is 11.6 Å². The van der Waals surface area contributed by atoms with Crippen LogP contribution in [-0.4, -0.2) is 113 Å². The van der Waals surface area contributed by atoms with Gasteiger partial charge in [0.15, 0.2) is 19.7 Å². The van der Waals surface area contributed by atoms with Gasteiger partial charge < -0.3 is 25.3 Å². The molecule has 0 aliphatic carbocycles. The molecule has 1 aromatic heterocycles. The van der Waals surface area contributed by atoms with Gasteiger partial charge in [-0.2, -0.15) is 37.7 Å². The minimum absolute atomic E-state index is 0. The van der Waals surface area contributed by atoms with Crippen LogP contribution in [0.3, 0.4) is 0 Å². The first-order valence-corrected chi connectivity index (χ1v) is 30.0. The normalized spacial score (nSPS) is 16.1. The molecule has 22 heteroatoms. The van der Waals surface area contributed by atoms with Crippen molar-refractivity contribution in [2.75, 3.05) is 64.9 Å².